The topological polar surface area (TPSA) is 75.7 Å². The molecule has 0 aromatic heterocycles. The fraction of sp³-hybridized carbons (Fsp3) is 0.125. The molecule has 3 aromatic rings. The summed E-state index contributed by atoms with van der Waals surface area (Å²) in [6.07, 6.45) is 0. The Labute approximate surface area is 127 Å². The van der Waals surface area contributed by atoms with Crippen LogP contribution in [0.1, 0.15) is 0 Å². The van der Waals surface area contributed by atoms with Gasteiger partial charge in [-0.3, -0.25) is 0 Å². The van der Waals surface area contributed by atoms with Crippen LogP contribution in [-0.4, -0.2) is 27.2 Å². The van der Waals surface area contributed by atoms with E-state index >= 15 is 0 Å². The Morgan fingerprint density at radius 2 is 1.55 bits per heavy atom. The molecule has 5 nitrogen and oxygen atoms in total. The lowest BCUT2D eigenvalue weighted by molar-refractivity contribution is 0.369. The van der Waals surface area contributed by atoms with E-state index in [1.54, 1.807) is 6.07 Å². The minimum Gasteiger partial charge on any atom is -0.744 e. The van der Waals surface area contributed by atoms with E-state index in [0.717, 1.165) is 16.2 Å². The van der Waals surface area contributed by atoms with E-state index in [9.17, 15) is 13.0 Å². The van der Waals surface area contributed by atoms with Gasteiger partial charge in [0.15, 0.2) is 0 Å². The van der Waals surface area contributed by atoms with Gasteiger partial charge in [0, 0.05) is 5.39 Å². The van der Waals surface area contributed by atoms with Crippen molar-refractivity contribution in [3.63, 3.8) is 0 Å². The van der Waals surface area contributed by atoms with Crippen LogP contribution in [-0.2, 0) is 10.1 Å². The van der Waals surface area contributed by atoms with Crippen LogP contribution in [0.15, 0.2) is 47.4 Å². The fourth-order valence-electron chi connectivity index (χ4n) is 2.61. The molecule has 0 amide bonds. The monoisotopic (exact) mass is 317 g/mol. The number of hydrogen-bond donors (Lipinski definition) is 0. The summed E-state index contributed by atoms with van der Waals surface area (Å²) in [4.78, 5) is -0.472. The van der Waals surface area contributed by atoms with Crippen molar-refractivity contribution in [3.05, 3.63) is 42.5 Å². The molecule has 0 N–H and O–H groups in total. The number of rotatable bonds is 3. The van der Waals surface area contributed by atoms with Crippen molar-refractivity contribution in [1.29, 1.82) is 0 Å². The molecule has 22 heavy (non-hydrogen) atoms. The van der Waals surface area contributed by atoms with Crippen LogP contribution >= 0.6 is 0 Å². The van der Waals surface area contributed by atoms with Crippen molar-refractivity contribution in [2.24, 2.45) is 0 Å². The van der Waals surface area contributed by atoms with Crippen LogP contribution < -0.4 is 9.47 Å². The highest BCUT2D eigenvalue weighted by atomic mass is 32.2. The molecule has 0 aliphatic carbocycles. The molecule has 0 saturated carbocycles. The molecule has 0 fully saturated rings. The molecule has 3 rings (SSSR count). The average Bonchev–Trinajstić information content (AvgIpc) is 2.49. The highest BCUT2D eigenvalue weighted by molar-refractivity contribution is 7.86. The number of benzene rings is 3. The molecule has 0 radical (unpaired) electrons. The van der Waals surface area contributed by atoms with Crippen molar-refractivity contribution in [2.75, 3.05) is 14.2 Å². The Morgan fingerprint density at radius 1 is 0.909 bits per heavy atom. The first-order valence-electron chi connectivity index (χ1n) is 6.49. The Morgan fingerprint density at radius 3 is 2.09 bits per heavy atom. The predicted octanol–water partition coefficient (Wildman–Crippen LogP) is 2.91. The molecule has 0 spiro atoms. The number of ether oxygens (including phenoxy) is 2. The number of hydrogen-bond acceptors (Lipinski definition) is 5. The quantitative estimate of drug-likeness (QED) is 0.548. The number of fused-ring (bicyclic) bond motifs is 2. The maximum Gasteiger partial charge on any atom is 0.148 e. The molecule has 0 saturated heterocycles. The van der Waals surface area contributed by atoms with E-state index in [1.165, 1.54) is 20.3 Å². The summed E-state index contributed by atoms with van der Waals surface area (Å²) in [5, 5.41) is 3.21. The van der Waals surface area contributed by atoms with Crippen LogP contribution in [0.4, 0.5) is 0 Å². The van der Waals surface area contributed by atoms with E-state index in [4.69, 9.17) is 9.47 Å². The molecular formula is C16H13O5S-. The second-order valence-electron chi connectivity index (χ2n) is 4.82. The summed E-state index contributed by atoms with van der Waals surface area (Å²) in [6.45, 7) is 0. The zero-order valence-electron chi connectivity index (χ0n) is 12.0. The van der Waals surface area contributed by atoms with Crippen molar-refractivity contribution in [3.8, 4) is 11.5 Å². The van der Waals surface area contributed by atoms with E-state index in [1.807, 2.05) is 30.3 Å². The van der Waals surface area contributed by atoms with E-state index in [-0.39, 0.29) is 11.5 Å². The van der Waals surface area contributed by atoms with Gasteiger partial charge in [-0.2, -0.15) is 0 Å². The van der Waals surface area contributed by atoms with E-state index < -0.39 is 15.0 Å². The smallest absolute Gasteiger partial charge is 0.148 e. The second-order valence-corrected chi connectivity index (χ2v) is 6.13. The second kappa shape index (κ2) is 5.15. The summed E-state index contributed by atoms with van der Waals surface area (Å²) in [5.74, 6) is -0.00951. The lowest BCUT2D eigenvalue weighted by atomic mass is 10.0. The number of methoxy groups -OCH3 is 2. The van der Waals surface area contributed by atoms with Crippen molar-refractivity contribution in [1.82, 2.24) is 0 Å². The molecule has 3 aromatic carbocycles. The standard InChI is InChI=1S/C16H14O5S/c1-20-14-9-12-7-10-5-3-4-6-11(10)8-13(12)15(21-2)16(14)22(17,18)19/h3-9H,1-2H3,(H,17,18,19)/p-1. The first-order chi connectivity index (χ1) is 10.5. The first-order valence-corrected chi connectivity index (χ1v) is 7.90. The Bertz CT molecular complexity index is 977. The largest absolute Gasteiger partial charge is 0.744 e. The third-order valence-electron chi connectivity index (χ3n) is 3.55. The summed E-state index contributed by atoms with van der Waals surface area (Å²) in [5.41, 5.74) is 0. The first kappa shape index (κ1) is 14.6. The lowest BCUT2D eigenvalue weighted by Gasteiger charge is -2.18. The van der Waals surface area contributed by atoms with Gasteiger partial charge in [0.25, 0.3) is 0 Å². The third-order valence-corrected chi connectivity index (χ3v) is 4.44. The van der Waals surface area contributed by atoms with Crippen LogP contribution in [0.2, 0.25) is 0 Å². The van der Waals surface area contributed by atoms with Crippen LogP contribution in [0.3, 0.4) is 0 Å². The van der Waals surface area contributed by atoms with Gasteiger partial charge < -0.3 is 14.0 Å². The zero-order chi connectivity index (χ0) is 15.9. The Hall–Kier alpha value is -2.31. The molecule has 0 unspecified atom stereocenters. The maximum atomic E-state index is 11.6. The molecule has 0 bridgehead atoms. The molecule has 0 aliphatic rings. The normalized spacial score (nSPS) is 11.8. The highest BCUT2D eigenvalue weighted by Gasteiger charge is 2.20. The van der Waals surface area contributed by atoms with Gasteiger partial charge in [-0.25, -0.2) is 8.42 Å². The SMILES string of the molecule is COc1cc2cc3ccccc3cc2c(OC)c1S(=O)(=O)[O-]. The molecule has 0 heterocycles. The zero-order valence-corrected chi connectivity index (χ0v) is 12.8. The van der Waals surface area contributed by atoms with Gasteiger partial charge in [0.1, 0.15) is 26.5 Å². The van der Waals surface area contributed by atoms with Gasteiger partial charge in [-0.05, 0) is 34.4 Å². The molecule has 6 heteroatoms. The predicted molar refractivity (Wildman–Crippen MR) is 82.5 cm³/mol. The van der Waals surface area contributed by atoms with Crippen molar-refractivity contribution >= 4 is 31.7 Å². The van der Waals surface area contributed by atoms with E-state index in [0.29, 0.717) is 5.39 Å². The van der Waals surface area contributed by atoms with Gasteiger partial charge >= 0.3 is 0 Å². The Balaban J connectivity index is 2.53. The Kier molecular flexibility index (Phi) is 3.42. The summed E-state index contributed by atoms with van der Waals surface area (Å²) in [6, 6.07) is 12.9. The fourth-order valence-corrected chi connectivity index (χ4v) is 3.41. The highest BCUT2D eigenvalue weighted by Crippen LogP contribution is 2.41. The molecule has 114 valence electrons. The van der Waals surface area contributed by atoms with Gasteiger partial charge in [0.05, 0.1) is 14.2 Å². The third kappa shape index (κ3) is 2.26. The van der Waals surface area contributed by atoms with Crippen LogP contribution in [0, 0.1) is 0 Å². The molecular weight excluding hydrogens is 304 g/mol. The van der Waals surface area contributed by atoms with Crippen LogP contribution in [0.5, 0.6) is 11.5 Å². The van der Waals surface area contributed by atoms with Crippen molar-refractivity contribution in [2.45, 2.75) is 4.90 Å². The van der Waals surface area contributed by atoms with E-state index in [2.05, 4.69) is 0 Å². The van der Waals surface area contributed by atoms with Gasteiger partial charge in [0.2, 0.25) is 0 Å². The maximum absolute atomic E-state index is 11.6. The minimum absolute atomic E-state index is 0.00935. The van der Waals surface area contributed by atoms with Crippen molar-refractivity contribution < 1.29 is 22.4 Å². The average molecular weight is 317 g/mol. The van der Waals surface area contributed by atoms with Crippen LogP contribution in [0.25, 0.3) is 21.5 Å². The van der Waals surface area contributed by atoms with Gasteiger partial charge in [-0.15, -0.1) is 0 Å². The molecule has 0 aliphatic heterocycles. The summed E-state index contributed by atoms with van der Waals surface area (Å²) < 4.78 is 45.0. The summed E-state index contributed by atoms with van der Waals surface area (Å²) in [7, 11) is -2.09. The minimum atomic E-state index is -4.73. The summed E-state index contributed by atoms with van der Waals surface area (Å²) >= 11 is 0. The molecule has 0 atom stereocenters. The lowest BCUT2D eigenvalue weighted by Crippen LogP contribution is -2.05. The van der Waals surface area contributed by atoms with Gasteiger partial charge in [-0.1, -0.05) is 24.3 Å².